The molecule has 49 valence electrons. The van der Waals surface area contributed by atoms with Crippen LogP contribution in [0.5, 0.6) is 0 Å². The van der Waals surface area contributed by atoms with E-state index in [0.29, 0.717) is 0 Å². The van der Waals surface area contributed by atoms with Crippen molar-refractivity contribution < 1.29 is 0 Å². The Labute approximate surface area is 71.6 Å². The van der Waals surface area contributed by atoms with Crippen LogP contribution in [0.3, 0.4) is 0 Å². The van der Waals surface area contributed by atoms with Gasteiger partial charge in [0.15, 0.2) is 0 Å². The van der Waals surface area contributed by atoms with Gasteiger partial charge in [0.25, 0.3) is 0 Å². The molecule has 0 fully saturated rings. The van der Waals surface area contributed by atoms with Gasteiger partial charge in [-0.05, 0) is 17.5 Å². The van der Waals surface area contributed by atoms with E-state index in [1.165, 1.54) is 10.1 Å². The van der Waals surface area contributed by atoms with Crippen LogP contribution in [0.15, 0.2) is 28.1 Å². The highest BCUT2D eigenvalue weighted by atomic mass is 79.9. The normalized spacial score (nSPS) is 10.5. The predicted molar refractivity (Wildman–Crippen MR) is 48.4 cm³/mol. The summed E-state index contributed by atoms with van der Waals surface area (Å²) >= 11 is 5.18. The molecule has 1 heterocycles. The summed E-state index contributed by atoms with van der Waals surface area (Å²) in [6.07, 6.45) is 0. The third-order valence-electron chi connectivity index (χ3n) is 1.37. The van der Waals surface area contributed by atoms with Gasteiger partial charge in [-0.25, -0.2) is 0 Å². The number of hydrogen-bond acceptors (Lipinski definition) is 1. The van der Waals surface area contributed by atoms with Gasteiger partial charge < -0.3 is 0 Å². The van der Waals surface area contributed by atoms with E-state index in [2.05, 4.69) is 33.4 Å². The molecule has 0 spiro atoms. The highest BCUT2D eigenvalue weighted by molar-refractivity contribution is 9.10. The molecule has 0 saturated carbocycles. The van der Waals surface area contributed by atoms with E-state index < -0.39 is 0 Å². The van der Waals surface area contributed by atoms with Crippen LogP contribution in [0.25, 0.3) is 10.1 Å². The Hall–Kier alpha value is -0.340. The Morgan fingerprint density at radius 3 is 3.10 bits per heavy atom. The monoisotopic (exact) mass is 211 g/mol. The number of rotatable bonds is 0. The Balaban J connectivity index is 2.95. The average Bonchev–Trinajstić information content (AvgIpc) is 2.36. The van der Waals surface area contributed by atoms with Gasteiger partial charge >= 0.3 is 0 Å². The predicted octanol–water partition coefficient (Wildman–Crippen LogP) is 3.46. The summed E-state index contributed by atoms with van der Waals surface area (Å²) in [6.45, 7) is 0. The van der Waals surface area contributed by atoms with Crippen LogP contribution in [-0.4, -0.2) is 0 Å². The molecular weight excluding hydrogens is 208 g/mol. The van der Waals surface area contributed by atoms with Crippen molar-refractivity contribution in [1.82, 2.24) is 0 Å². The molecule has 1 radical (unpaired) electrons. The van der Waals surface area contributed by atoms with Crippen molar-refractivity contribution in [2.75, 3.05) is 0 Å². The minimum absolute atomic E-state index is 1.16. The molecule has 0 nitrogen and oxygen atoms in total. The van der Waals surface area contributed by atoms with Crippen molar-refractivity contribution in [1.29, 1.82) is 0 Å². The maximum atomic E-state index is 3.46. The first-order valence-corrected chi connectivity index (χ1v) is 4.58. The van der Waals surface area contributed by atoms with Crippen LogP contribution in [-0.2, 0) is 0 Å². The lowest BCUT2D eigenvalue weighted by Gasteiger charge is -1.89. The van der Waals surface area contributed by atoms with Gasteiger partial charge in [0.1, 0.15) is 0 Å². The van der Waals surface area contributed by atoms with E-state index in [4.69, 9.17) is 0 Å². The summed E-state index contributed by atoms with van der Waals surface area (Å²) < 4.78 is 2.37. The summed E-state index contributed by atoms with van der Waals surface area (Å²) in [6, 6.07) is 9.20. The molecule has 0 aliphatic rings. The lowest BCUT2D eigenvalue weighted by Crippen LogP contribution is -1.63. The van der Waals surface area contributed by atoms with E-state index >= 15 is 0 Å². The summed E-state index contributed by atoms with van der Waals surface area (Å²) in [5, 5.41) is 3.33. The van der Waals surface area contributed by atoms with Crippen LogP contribution in [0.2, 0.25) is 0 Å². The molecule has 1 aromatic carbocycles. The first kappa shape index (κ1) is 6.38. The maximum Gasteiger partial charge on any atom is 0.0432 e. The molecular formula is C8H4BrS. The van der Waals surface area contributed by atoms with Gasteiger partial charge in [0.05, 0.1) is 0 Å². The molecule has 0 bridgehead atoms. The van der Waals surface area contributed by atoms with Gasteiger partial charge in [-0.3, -0.25) is 0 Å². The molecule has 2 rings (SSSR count). The van der Waals surface area contributed by atoms with Crippen LogP contribution >= 0.6 is 27.3 Å². The van der Waals surface area contributed by atoms with Crippen molar-refractivity contribution in [3.8, 4) is 0 Å². The minimum Gasteiger partial charge on any atom is -0.143 e. The smallest absolute Gasteiger partial charge is 0.0432 e. The van der Waals surface area contributed by atoms with E-state index in [1.807, 2.05) is 12.1 Å². The van der Waals surface area contributed by atoms with Crippen LogP contribution in [0.1, 0.15) is 0 Å². The first-order chi connectivity index (χ1) is 4.88. The number of halogens is 1. The zero-order chi connectivity index (χ0) is 6.97. The van der Waals surface area contributed by atoms with Crippen LogP contribution < -0.4 is 0 Å². The van der Waals surface area contributed by atoms with Gasteiger partial charge in [0, 0.05) is 20.6 Å². The number of thiophene rings is 1. The molecule has 0 unspecified atom stereocenters. The highest BCUT2D eigenvalue weighted by Crippen LogP contribution is 2.26. The fourth-order valence-electron chi connectivity index (χ4n) is 0.889. The summed E-state index contributed by atoms with van der Waals surface area (Å²) in [4.78, 5) is 0. The Morgan fingerprint density at radius 2 is 2.30 bits per heavy atom. The van der Waals surface area contributed by atoms with Gasteiger partial charge in [0.2, 0.25) is 0 Å². The Morgan fingerprint density at radius 1 is 1.40 bits per heavy atom. The number of benzene rings is 1. The lowest BCUT2D eigenvalue weighted by atomic mass is 10.3. The third-order valence-corrected chi connectivity index (χ3v) is 2.90. The largest absolute Gasteiger partial charge is 0.143 e. The maximum absolute atomic E-state index is 3.46. The van der Waals surface area contributed by atoms with E-state index in [9.17, 15) is 0 Å². The molecule has 2 aromatic rings. The number of fused-ring (bicyclic) bond motifs is 1. The topological polar surface area (TPSA) is 0 Å². The lowest BCUT2D eigenvalue weighted by molar-refractivity contribution is 1.77. The average molecular weight is 212 g/mol. The SMILES string of the molecule is Brc1cc[c]c2sccc12. The standard InChI is InChI=1S/C8H4BrS/c9-7-2-1-3-8-6(7)4-5-10-8/h1-2,4-5H. The molecule has 0 aliphatic carbocycles. The molecule has 0 N–H and O–H groups in total. The second-order valence-corrected chi connectivity index (χ2v) is 3.76. The molecule has 0 saturated heterocycles. The zero-order valence-corrected chi connectivity index (χ0v) is 7.50. The fraction of sp³-hybridized carbons (Fsp3) is 0. The van der Waals surface area contributed by atoms with Crippen molar-refractivity contribution in [3.05, 3.63) is 34.1 Å². The fourth-order valence-corrected chi connectivity index (χ4v) is 2.26. The van der Waals surface area contributed by atoms with Crippen LogP contribution in [0.4, 0.5) is 0 Å². The van der Waals surface area contributed by atoms with Crippen molar-refractivity contribution in [2.45, 2.75) is 0 Å². The third kappa shape index (κ3) is 0.879. The summed E-state index contributed by atoms with van der Waals surface area (Å²) in [5.74, 6) is 0. The Kier molecular flexibility index (Phi) is 1.51. The summed E-state index contributed by atoms with van der Waals surface area (Å²) in [5.41, 5.74) is 0. The summed E-state index contributed by atoms with van der Waals surface area (Å²) in [7, 11) is 0. The highest BCUT2D eigenvalue weighted by Gasteiger charge is 1.96. The molecule has 1 aromatic heterocycles. The molecule has 0 amide bonds. The molecule has 10 heavy (non-hydrogen) atoms. The van der Waals surface area contributed by atoms with Crippen molar-refractivity contribution in [3.63, 3.8) is 0 Å². The second-order valence-electron chi connectivity index (χ2n) is 1.99. The van der Waals surface area contributed by atoms with Crippen LogP contribution in [0, 0.1) is 6.07 Å². The quantitative estimate of drug-likeness (QED) is 0.627. The van der Waals surface area contributed by atoms with E-state index in [-0.39, 0.29) is 0 Å². The Bertz CT molecular complexity index is 351. The zero-order valence-electron chi connectivity index (χ0n) is 5.10. The van der Waals surface area contributed by atoms with E-state index in [1.54, 1.807) is 11.3 Å². The second kappa shape index (κ2) is 2.36. The van der Waals surface area contributed by atoms with Gasteiger partial charge in [-0.2, -0.15) is 0 Å². The van der Waals surface area contributed by atoms with Crippen molar-refractivity contribution >= 4 is 37.4 Å². The van der Waals surface area contributed by atoms with Crippen molar-refractivity contribution in [2.24, 2.45) is 0 Å². The first-order valence-electron chi connectivity index (χ1n) is 2.91. The van der Waals surface area contributed by atoms with E-state index in [0.717, 1.165) is 4.47 Å². The molecule has 0 aliphatic heterocycles. The van der Waals surface area contributed by atoms with Gasteiger partial charge in [-0.1, -0.05) is 22.0 Å². The molecule has 0 atom stereocenters. The number of hydrogen-bond donors (Lipinski definition) is 0. The molecule has 2 heteroatoms. The minimum atomic E-state index is 1.16. The van der Waals surface area contributed by atoms with Gasteiger partial charge in [-0.15, -0.1) is 11.3 Å².